The molecule has 0 amide bonds. The molecule has 0 aliphatic rings. The molecular formula is C10H25NO2Si. The second-order valence-electron chi connectivity index (χ2n) is 5.34. The number of hydrogen-bond donors (Lipinski definition) is 1. The van der Waals surface area contributed by atoms with E-state index in [1.54, 1.807) is 7.11 Å². The lowest BCUT2D eigenvalue weighted by atomic mass is 10.2. The predicted octanol–water partition coefficient (Wildman–Crippen LogP) is 2.33. The monoisotopic (exact) mass is 219 g/mol. The Balaban J connectivity index is 4.48. The molecule has 0 aromatic carbocycles. The Bertz CT molecular complexity index is 175. The van der Waals surface area contributed by atoms with E-state index in [2.05, 4.69) is 33.9 Å². The van der Waals surface area contributed by atoms with Crippen LogP contribution >= 0.6 is 0 Å². The van der Waals surface area contributed by atoms with Gasteiger partial charge in [0, 0.05) is 7.11 Å². The molecule has 0 aromatic heterocycles. The molecule has 0 aliphatic carbocycles. The van der Waals surface area contributed by atoms with Crippen LogP contribution in [0.15, 0.2) is 0 Å². The minimum atomic E-state index is -1.76. The summed E-state index contributed by atoms with van der Waals surface area (Å²) in [5, 5.41) is 0.193. The molecule has 2 N–H and O–H groups in total. The fourth-order valence-corrected chi connectivity index (χ4v) is 2.08. The van der Waals surface area contributed by atoms with E-state index >= 15 is 0 Å². The van der Waals surface area contributed by atoms with Gasteiger partial charge in [-0.25, -0.2) is 0 Å². The summed E-state index contributed by atoms with van der Waals surface area (Å²) in [6.07, 6.45) is -0.282. The standard InChI is InChI=1S/C10H25NO2Si/c1-8(11)9(12-5)13-14(6,7)10(2,3)4/h8-9H,11H2,1-7H3/t8-,9?/m0/s1. The molecule has 0 saturated carbocycles. The van der Waals surface area contributed by atoms with Gasteiger partial charge in [-0.15, -0.1) is 0 Å². The summed E-state index contributed by atoms with van der Waals surface area (Å²) < 4.78 is 11.2. The molecule has 2 atom stereocenters. The highest BCUT2D eigenvalue weighted by atomic mass is 28.4. The molecule has 0 radical (unpaired) electrons. The van der Waals surface area contributed by atoms with Crippen molar-refractivity contribution in [2.45, 2.75) is 58.2 Å². The molecule has 0 bridgehead atoms. The number of rotatable bonds is 4. The van der Waals surface area contributed by atoms with Crippen molar-refractivity contribution in [3.05, 3.63) is 0 Å². The first-order valence-electron chi connectivity index (χ1n) is 5.08. The minimum Gasteiger partial charge on any atom is -0.391 e. The molecule has 86 valence electrons. The fourth-order valence-electron chi connectivity index (χ4n) is 0.837. The van der Waals surface area contributed by atoms with Gasteiger partial charge in [0.25, 0.3) is 0 Å². The van der Waals surface area contributed by atoms with E-state index in [0.29, 0.717) is 0 Å². The number of nitrogens with two attached hydrogens (primary N) is 1. The zero-order valence-electron chi connectivity index (χ0n) is 10.5. The first kappa shape index (κ1) is 14.1. The van der Waals surface area contributed by atoms with Gasteiger partial charge in [0.1, 0.15) is 0 Å². The van der Waals surface area contributed by atoms with Gasteiger partial charge in [-0.3, -0.25) is 0 Å². The lowest BCUT2D eigenvalue weighted by Gasteiger charge is -2.39. The molecule has 0 saturated heterocycles. The van der Waals surface area contributed by atoms with E-state index in [1.807, 2.05) is 6.92 Å². The van der Waals surface area contributed by atoms with Gasteiger partial charge >= 0.3 is 0 Å². The summed E-state index contributed by atoms with van der Waals surface area (Å²) >= 11 is 0. The predicted molar refractivity (Wildman–Crippen MR) is 62.7 cm³/mol. The maximum atomic E-state index is 6.00. The van der Waals surface area contributed by atoms with Crippen LogP contribution in [0, 0.1) is 0 Å². The summed E-state index contributed by atoms with van der Waals surface area (Å²) in [6, 6.07) is -0.0888. The molecule has 0 spiro atoms. The average Bonchev–Trinajstić information content (AvgIpc) is 1.97. The van der Waals surface area contributed by atoms with Crippen molar-refractivity contribution in [1.82, 2.24) is 0 Å². The Morgan fingerprint density at radius 1 is 1.21 bits per heavy atom. The quantitative estimate of drug-likeness (QED) is 0.583. The third kappa shape index (κ3) is 3.69. The number of ether oxygens (including phenoxy) is 1. The van der Waals surface area contributed by atoms with E-state index in [1.165, 1.54) is 0 Å². The van der Waals surface area contributed by atoms with Crippen molar-refractivity contribution >= 4 is 8.32 Å². The van der Waals surface area contributed by atoms with Gasteiger partial charge in [-0.1, -0.05) is 20.8 Å². The van der Waals surface area contributed by atoms with Crippen LogP contribution in [0.25, 0.3) is 0 Å². The Kier molecular flexibility index (Phi) is 4.78. The van der Waals surface area contributed by atoms with E-state index in [0.717, 1.165) is 0 Å². The molecule has 0 aliphatic heterocycles. The molecule has 0 aromatic rings. The van der Waals surface area contributed by atoms with Gasteiger partial charge in [-0.2, -0.15) is 0 Å². The van der Waals surface area contributed by atoms with Gasteiger partial charge in [0.05, 0.1) is 6.04 Å². The zero-order chi connectivity index (χ0) is 11.6. The van der Waals surface area contributed by atoms with Crippen LogP contribution in [0.1, 0.15) is 27.7 Å². The van der Waals surface area contributed by atoms with E-state index < -0.39 is 8.32 Å². The van der Waals surface area contributed by atoms with Gasteiger partial charge < -0.3 is 14.9 Å². The van der Waals surface area contributed by atoms with Crippen molar-refractivity contribution < 1.29 is 9.16 Å². The van der Waals surface area contributed by atoms with E-state index in [4.69, 9.17) is 14.9 Å². The molecule has 0 heterocycles. The lowest BCUT2D eigenvalue weighted by molar-refractivity contribution is -0.0749. The van der Waals surface area contributed by atoms with Crippen molar-refractivity contribution in [3.63, 3.8) is 0 Å². The first-order valence-corrected chi connectivity index (χ1v) is 7.99. The number of hydrogen-bond acceptors (Lipinski definition) is 3. The molecule has 1 unspecified atom stereocenters. The highest BCUT2D eigenvalue weighted by Crippen LogP contribution is 2.37. The number of methoxy groups -OCH3 is 1. The van der Waals surface area contributed by atoms with Gasteiger partial charge in [0.2, 0.25) is 0 Å². The Hall–Kier alpha value is 0.0969. The van der Waals surface area contributed by atoms with Gasteiger partial charge in [0.15, 0.2) is 14.6 Å². The van der Waals surface area contributed by atoms with Crippen LogP contribution in [0.5, 0.6) is 0 Å². The van der Waals surface area contributed by atoms with Crippen LogP contribution in [0.2, 0.25) is 18.1 Å². The molecule has 14 heavy (non-hydrogen) atoms. The normalized spacial score (nSPS) is 18.0. The Morgan fingerprint density at radius 3 is 1.86 bits per heavy atom. The van der Waals surface area contributed by atoms with Crippen molar-refractivity contribution in [2.24, 2.45) is 5.73 Å². The van der Waals surface area contributed by atoms with Crippen LogP contribution in [-0.4, -0.2) is 27.8 Å². The SMILES string of the molecule is COC(O[Si](C)(C)C(C)(C)C)[C@H](C)N. The topological polar surface area (TPSA) is 44.5 Å². The maximum absolute atomic E-state index is 6.00. The van der Waals surface area contributed by atoms with Crippen molar-refractivity contribution in [1.29, 1.82) is 0 Å². The van der Waals surface area contributed by atoms with Gasteiger partial charge in [-0.05, 0) is 25.1 Å². The summed E-state index contributed by atoms with van der Waals surface area (Å²) in [5.41, 5.74) is 5.77. The molecule has 0 fully saturated rings. The summed E-state index contributed by atoms with van der Waals surface area (Å²) in [6.45, 7) is 12.9. The highest BCUT2D eigenvalue weighted by molar-refractivity contribution is 6.74. The fraction of sp³-hybridized carbons (Fsp3) is 1.00. The van der Waals surface area contributed by atoms with E-state index in [9.17, 15) is 0 Å². The van der Waals surface area contributed by atoms with E-state index in [-0.39, 0.29) is 17.4 Å². The lowest BCUT2D eigenvalue weighted by Crippen LogP contribution is -2.49. The first-order chi connectivity index (χ1) is 6.12. The van der Waals surface area contributed by atoms with Crippen LogP contribution in [-0.2, 0) is 9.16 Å². The summed E-state index contributed by atoms with van der Waals surface area (Å²) in [4.78, 5) is 0. The van der Waals surface area contributed by atoms with Crippen LogP contribution < -0.4 is 5.73 Å². The Labute approximate surface area is 89.1 Å². The summed E-state index contributed by atoms with van der Waals surface area (Å²) in [5.74, 6) is 0. The molecule has 0 rings (SSSR count). The summed E-state index contributed by atoms with van der Waals surface area (Å²) in [7, 11) is -0.117. The second-order valence-corrected chi connectivity index (χ2v) is 10.1. The maximum Gasteiger partial charge on any atom is 0.195 e. The molecule has 4 heteroatoms. The minimum absolute atomic E-state index is 0.0888. The van der Waals surface area contributed by atoms with Crippen molar-refractivity contribution in [2.75, 3.05) is 7.11 Å². The largest absolute Gasteiger partial charge is 0.391 e. The highest BCUT2D eigenvalue weighted by Gasteiger charge is 2.39. The van der Waals surface area contributed by atoms with Crippen LogP contribution in [0.4, 0.5) is 0 Å². The van der Waals surface area contributed by atoms with Crippen molar-refractivity contribution in [3.8, 4) is 0 Å². The Morgan fingerprint density at radius 2 is 1.64 bits per heavy atom. The third-order valence-electron chi connectivity index (χ3n) is 2.88. The molecular weight excluding hydrogens is 194 g/mol. The zero-order valence-corrected chi connectivity index (χ0v) is 11.5. The molecule has 3 nitrogen and oxygen atoms in total. The van der Waals surface area contributed by atoms with Crippen LogP contribution in [0.3, 0.4) is 0 Å². The smallest absolute Gasteiger partial charge is 0.195 e. The third-order valence-corrected chi connectivity index (χ3v) is 7.31. The average molecular weight is 219 g/mol. The second kappa shape index (κ2) is 4.75.